The lowest BCUT2D eigenvalue weighted by molar-refractivity contribution is 0.263. The molecular weight excluding hydrogens is 176 g/mol. The van der Waals surface area contributed by atoms with Gasteiger partial charge in [-0.15, -0.1) is 0 Å². The molecule has 2 heteroatoms. The molecule has 1 aliphatic heterocycles. The zero-order valence-corrected chi connectivity index (χ0v) is 8.27. The van der Waals surface area contributed by atoms with Crippen molar-refractivity contribution in [3.05, 3.63) is 35.9 Å². The molecule has 0 spiro atoms. The van der Waals surface area contributed by atoms with E-state index in [1.807, 2.05) is 37.3 Å². The number of hydrogen-bond acceptors (Lipinski definition) is 2. The van der Waals surface area contributed by atoms with Crippen LogP contribution in [-0.4, -0.2) is 19.3 Å². The molecule has 1 saturated heterocycles. The Labute approximate surface area is 84.2 Å². The summed E-state index contributed by atoms with van der Waals surface area (Å²) in [5.74, 6) is 0.911. The van der Waals surface area contributed by atoms with Gasteiger partial charge in [-0.2, -0.15) is 0 Å². The Morgan fingerprint density at radius 1 is 1.43 bits per heavy atom. The molecule has 1 aromatic rings. The van der Waals surface area contributed by atoms with E-state index in [0.29, 0.717) is 12.7 Å². The van der Waals surface area contributed by atoms with Crippen LogP contribution in [0.25, 0.3) is 6.08 Å². The van der Waals surface area contributed by atoms with Crippen molar-refractivity contribution in [2.45, 2.75) is 13.0 Å². The van der Waals surface area contributed by atoms with Crippen molar-refractivity contribution >= 4 is 6.08 Å². The summed E-state index contributed by atoms with van der Waals surface area (Å²) in [4.78, 5) is 0. The minimum Gasteiger partial charge on any atom is -0.491 e. The van der Waals surface area contributed by atoms with E-state index in [0.717, 1.165) is 12.4 Å². The number of epoxide rings is 1. The fraction of sp³-hybridized carbons (Fsp3) is 0.333. The SMILES string of the molecule is CC=Cc1ccc(OCC2CO2)cc1. The Kier molecular flexibility index (Phi) is 2.84. The largest absolute Gasteiger partial charge is 0.491 e. The molecule has 2 rings (SSSR count). The number of rotatable bonds is 4. The van der Waals surface area contributed by atoms with Gasteiger partial charge in [0, 0.05) is 0 Å². The average molecular weight is 190 g/mol. The van der Waals surface area contributed by atoms with Crippen molar-refractivity contribution in [1.29, 1.82) is 0 Å². The van der Waals surface area contributed by atoms with Gasteiger partial charge in [0.2, 0.25) is 0 Å². The summed E-state index contributed by atoms with van der Waals surface area (Å²) in [6, 6.07) is 8.06. The first-order valence-electron chi connectivity index (χ1n) is 4.85. The summed E-state index contributed by atoms with van der Waals surface area (Å²) in [5.41, 5.74) is 1.20. The fourth-order valence-corrected chi connectivity index (χ4v) is 1.22. The number of allylic oxidation sites excluding steroid dienone is 1. The normalized spacial score (nSPS) is 19.9. The first-order valence-corrected chi connectivity index (χ1v) is 4.85. The van der Waals surface area contributed by atoms with Gasteiger partial charge in [-0.05, 0) is 24.6 Å². The molecule has 0 aromatic heterocycles. The molecule has 0 bridgehead atoms. The summed E-state index contributed by atoms with van der Waals surface area (Å²) in [6.07, 6.45) is 4.41. The highest BCUT2D eigenvalue weighted by atomic mass is 16.6. The predicted octanol–water partition coefficient (Wildman–Crippen LogP) is 2.50. The van der Waals surface area contributed by atoms with Crippen LogP contribution in [0.5, 0.6) is 5.75 Å². The zero-order valence-electron chi connectivity index (χ0n) is 8.27. The average Bonchev–Trinajstić information content (AvgIpc) is 3.01. The molecule has 0 saturated carbocycles. The monoisotopic (exact) mass is 190 g/mol. The van der Waals surface area contributed by atoms with Crippen molar-refractivity contribution in [3.63, 3.8) is 0 Å². The van der Waals surface area contributed by atoms with E-state index in [1.165, 1.54) is 5.56 Å². The van der Waals surface area contributed by atoms with E-state index in [9.17, 15) is 0 Å². The maximum atomic E-state index is 5.51. The van der Waals surface area contributed by atoms with E-state index in [2.05, 4.69) is 6.08 Å². The molecule has 14 heavy (non-hydrogen) atoms. The lowest BCUT2D eigenvalue weighted by Gasteiger charge is -2.03. The minimum absolute atomic E-state index is 0.324. The standard InChI is InChI=1S/C12H14O2/c1-2-3-10-4-6-11(7-5-10)13-8-12-9-14-12/h2-7,12H,8-9H2,1H3. The second-order valence-electron chi connectivity index (χ2n) is 3.34. The van der Waals surface area contributed by atoms with E-state index in [-0.39, 0.29) is 0 Å². The topological polar surface area (TPSA) is 21.8 Å². The first-order chi connectivity index (χ1) is 6.88. The van der Waals surface area contributed by atoms with Crippen molar-refractivity contribution in [2.75, 3.05) is 13.2 Å². The molecule has 0 amide bonds. The molecule has 0 radical (unpaired) electrons. The molecule has 2 nitrogen and oxygen atoms in total. The van der Waals surface area contributed by atoms with Crippen molar-refractivity contribution in [3.8, 4) is 5.75 Å². The molecule has 1 unspecified atom stereocenters. The van der Waals surface area contributed by atoms with Crippen molar-refractivity contribution < 1.29 is 9.47 Å². The van der Waals surface area contributed by atoms with Gasteiger partial charge in [0.1, 0.15) is 18.5 Å². The Morgan fingerprint density at radius 3 is 2.71 bits per heavy atom. The highest BCUT2D eigenvalue weighted by Gasteiger charge is 2.22. The van der Waals surface area contributed by atoms with E-state index in [4.69, 9.17) is 9.47 Å². The van der Waals surface area contributed by atoms with Crippen LogP contribution >= 0.6 is 0 Å². The van der Waals surface area contributed by atoms with Gasteiger partial charge in [-0.1, -0.05) is 24.3 Å². The van der Waals surface area contributed by atoms with Crippen LogP contribution in [0, 0.1) is 0 Å². The fourth-order valence-electron chi connectivity index (χ4n) is 1.22. The quantitative estimate of drug-likeness (QED) is 0.680. The summed E-state index contributed by atoms with van der Waals surface area (Å²) in [5, 5.41) is 0. The van der Waals surface area contributed by atoms with Gasteiger partial charge >= 0.3 is 0 Å². The molecule has 1 fully saturated rings. The molecule has 1 atom stereocenters. The first kappa shape index (κ1) is 9.28. The Balaban J connectivity index is 1.91. The molecule has 0 N–H and O–H groups in total. The Bertz CT molecular complexity index is 310. The summed E-state index contributed by atoms with van der Waals surface area (Å²) >= 11 is 0. The predicted molar refractivity (Wildman–Crippen MR) is 56.4 cm³/mol. The van der Waals surface area contributed by atoms with Gasteiger partial charge in [-0.3, -0.25) is 0 Å². The Hall–Kier alpha value is -1.28. The van der Waals surface area contributed by atoms with Gasteiger partial charge < -0.3 is 9.47 Å². The van der Waals surface area contributed by atoms with Crippen LogP contribution < -0.4 is 4.74 Å². The maximum Gasteiger partial charge on any atom is 0.119 e. The number of benzene rings is 1. The second-order valence-corrected chi connectivity index (χ2v) is 3.34. The molecule has 74 valence electrons. The van der Waals surface area contributed by atoms with E-state index < -0.39 is 0 Å². The Morgan fingerprint density at radius 2 is 2.14 bits per heavy atom. The third kappa shape index (κ3) is 2.60. The molecular formula is C12H14O2. The number of ether oxygens (including phenoxy) is 2. The van der Waals surface area contributed by atoms with E-state index in [1.54, 1.807) is 0 Å². The summed E-state index contributed by atoms with van der Waals surface area (Å²) in [7, 11) is 0. The lowest BCUT2D eigenvalue weighted by Crippen LogP contribution is -2.03. The highest BCUT2D eigenvalue weighted by molar-refractivity contribution is 5.50. The molecule has 0 aliphatic carbocycles. The smallest absolute Gasteiger partial charge is 0.119 e. The molecule has 1 aromatic carbocycles. The lowest BCUT2D eigenvalue weighted by atomic mass is 10.2. The van der Waals surface area contributed by atoms with Gasteiger partial charge in [0.15, 0.2) is 0 Å². The summed E-state index contributed by atoms with van der Waals surface area (Å²) < 4.78 is 10.6. The highest BCUT2D eigenvalue weighted by Crippen LogP contribution is 2.16. The second kappa shape index (κ2) is 4.29. The third-order valence-corrected chi connectivity index (χ3v) is 2.08. The van der Waals surface area contributed by atoms with Gasteiger partial charge in [0.25, 0.3) is 0 Å². The van der Waals surface area contributed by atoms with Crippen LogP contribution in [0.15, 0.2) is 30.3 Å². The van der Waals surface area contributed by atoms with Crippen LogP contribution in [0.4, 0.5) is 0 Å². The molecule has 1 aliphatic rings. The van der Waals surface area contributed by atoms with Crippen LogP contribution in [-0.2, 0) is 4.74 Å². The zero-order chi connectivity index (χ0) is 9.80. The minimum atomic E-state index is 0.324. The van der Waals surface area contributed by atoms with E-state index >= 15 is 0 Å². The van der Waals surface area contributed by atoms with Crippen LogP contribution in [0.3, 0.4) is 0 Å². The van der Waals surface area contributed by atoms with Crippen molar-refractivity contribution in [1.82, 2.24) is 0 Å². The van der Waals surface area contributed by atoms with Crippen molar-refractivity contribution in [2.24, 2.45) is 0 Å². The van der Waals surface area contributed by atoms with Gasteiger partial charge in [-0.25, -0.2) is 0 Å². The third-order valence-electron chi connectivity index (χ3n) is 2.08. The van der Waals surface area contributed by atoms with Crippen LogP contribution in [0.2, 0.25) is 0 Å². The van der Waals surface area contributed by atoms with Crippen LogP contribution in [0.1, 0.15) is 12.5 Å². The summed E-state index contributed by atoms with van der Waals surface area (Å²) in [6.45, 7) is 3.52. The molecule has 1 heterocycles. The number of hydrogen-bond donors (Lipinski definition) is 0. The van der Waals surface area contributed by atoms with Gasteiger partial charge in [0.05, 0.1) is 6.61 Å². The maximum absolute atomic E-state index is 5.51.